The number of hydrogen-bond acceptors (Lipinski definition) is 3. The smallest absolute Gasteiger partial charge is 0.266 e. The first-order valence-corrected chi connectivity index (χ1v) is 9.36. The lowest BCUT2D eigenvalue weighted by Gasteiger charge is -2.16. The lowest BCUT2D eigenvalue weighted by atomic mass is 10.0. The molecule has 5 nitrogen and oxygen atoms in total. The molecule has 0 atom stereocenters. The first kappa shape index (κ1) is 17.5. The molecule has 4 rings (SSSR count). The van der Waals surface area contributed by atoms with Crippen molar-refractivity contribution in [1.82, 2.24) is 5.32 Å². The van der Waals surface area contributed by atoms with Crippen LogP contribution in [0, 0.1) is 13.8 Å². The summed E-state index contributed by atoms with van der Waals surface area (Å²) in [6, 6.07) is 10.6. The van der Waals surface area contributed by atoms with Gasteiger partial charge in [-0.1, -0.05) is 30.5 Å². The molecule has 1 saturated carbocycles. The highest BCUT2D eigenvalue weighted by molar-refractivity contribution is 6.35. The van der Waals surface area contributed by atoms with Gasteiger partial charge in [0.15, 0.2) is 0 Å². The zero-order chi connectivity index (χ0) is 19.1. The summed E-state index contributed by atoms with van der Waals surface area (Å²) in [4.78, 5) is 39.5. The van der Waals surface area contributed by atoms with Gasteiger partial charge in [-0.3, -0.25) is 14.4 Å². The maximum atomic E-state index is 12.9. The number of nitrogens with zero attached hydrogens (tertiary/aromatic N) is 1. The Morgan fingerprint density at radius 1 is 0.963 bits per heavy atom. The highest BCUT2D eigenvalue weighted by Gasteiger charge is 2.37. The lowest BCUT2D eigenvalue weighted by Crippen LogP contribution is -2.32. The SMILES string of the molecule is Cc1ccc(N2C(=O)c3ccc(C(=O)NC4CCCC4)cc3C2=O)c(C)c1. The summed E-state index contributed by atoms with van der Waals surface area (Å²) in [5.41, 5.74) is 3.58. The van der Waals surface area contributed by atoms with Crippen molar-refractivity contribution in [1.29, 1.82) is 0 Å². The molecule has 5 heteroatoms. The van der Waals surface area contributed by atoms with Crippen molar-refractivity contribution in [3.8, 4) is 0 Å². The number of nitrogens with one attached hydrogen (secondary N) is 1. The number of amides is 3. The average molecular weight is 362 g/mol. The van der Waals surface area contributed by atoms with Gasteiger partial charge in [-0.15, -0.1) is 0 Å². The van der Waals surface area contributed by atoms with Gasteiger partial charge in [0.05, 0.1) is 16.8 Å². The first-order chi connectivity index (χ1) is 13.0. The number of carbonyl (C=O) groups excluding carboxylic acids is 3. The van der Waals surface area contributed by atoms with Crippen molar-refractivity contribution in [2.45, 2.75) is 45.6 Å². The molecule has 2 aromatic rings. The van der Waals surface area contributed by atoms with Crippen LogP contribution in [0.15, 0.2) is 36.4 Å². The van der Waals surface area contributed by atoms with E-state index in [9.17, 15) is 14.4 Å². The maximum absolute atomic E-state index is 12.9. The molecule has 3 amide bonds. The molecule has 0 radical (unpaired) electrons. The van der Waals surface area contributed by atoms with E-state index in [1.165, 1.54) is 4.90 Å². The third-order valence-corrected chi connectivity index (χ3v) is 5.43. The van der Waals surface area contributed by atoms with Crippen molar-refractivity contribution in [3.63, 3.8) is 0 Å². The molecular formula is C22H22N2O3. The Balaban J connectivity index is 1.64. The Morgan fingerprint density at radius 2 is 1.67 bits per heavy atom. The van der Waals surface area contributed by atoms with E-state index in [2.05, 4.69) is 5.32 Å². The fraction of sp³-hybridized carbons (Fsp3) is 0.318. The topological polar surface area (TPSA) is 66.5 Å². The van der Waals surface area contributed by atoms with Crippen LogP contribution in [-0.4, -0.2) is 23.8 Å². The molecule has 0 saturated heterocycles. The van der Waals surface area contributed by atoms with E-state index in [-0.39, 0.29) is 23.8 Å². The molecule has 27 heavy (non-hydrogen) atoms. The normalized spacial score (nSPS) is 16.7. The Hall–Kier alpha value is -2.95. The minimum atomic E-state index is -0.377. The van der Waals surface area contributed by atoms with Crippen LogP contribution in [0.2, 0.25) is 0 Å². The number of aryl methyl sites for hydroxylation is 2. The van der Waals surface area contributed by atoms with E-state index in [1.807, 2.05) is 26.0 Å². The van der Waals surface area contributed by atoms with Crippen LogP contribution in [0.25, 0.3) is 0 Å². The number of hydrogen-bond donors (Lipinski definition) is 1. The van der Waals surface area contributed by atoms with E-state index in [0.29, 0.717) is 22.4 Å². The van der Waals surface area contributed by atoms with Crippen LogP contribution in [-0.2, 0) is 0 Å². The largest absolute Gasteiger partial charge is 0.349 e. The number of benzene rings is 2. The first-order valence-electron chi connectivity index (χ1n) is 9.36. The van der Waals surface area contributed by atoms with Gasteiger partial charge in [-0.05, 0) is 56.5 Å². The molecule has 138 valence electrons. The molecule has 1 heterocycles. The van der Waals surface area contributed by atoms with Crippen LogP contribution in [0.3, 0.4) is 0 Å². The Labute approximate surface area is 158 Å². The summed E-state index contributed by atoms with van der Waals surface area (Å²) >= 11 is 0. The summed E-state index contributed by atoms with van der Waals surface area (Å²) in [5.74, 6) is -0.905. The fourth-order valence-corrected chi connectivity index (χ4v) is 4.00. The third kappa shape index (κ3) is 3.03. The second-order valence-electron chi connectivity index (χ2n) is 7.45. The number of carbonyl (C=O) groups is 3. The highest BCUT2D eigenvalue weighted by Crippen LogP contribution is 2.31. The molecule has 0 spiro atoms. The van der Waals surface area contributed by atoms with Gasteiger partial charge in [-0.2, -0.15) is 0 Å². The van der Waals surface area contributed by atoms with Crippen LogP contribution in [0.1, 0.15) is 67.9 Å². The summed E-state index contributed by atoms with van der Waals surface area (Å²) in [6.45, 7) is 3.85. The molecule has 0 aromatic heterocycles. The molecular weight excluding hydrogens is 340 g/mol. The molecule has 1 fully saturated rings. The molecule has 0 bridgehead atoms. The van der Waals surface area contributed by atoms with Gasteiger partial charge < -0.3 is 5.32 Å². The summed E-state index contributed by atoms with van der Waals surface area (Å²) in [5, 5.41) is 3.02. The number of anilines is 1. The summed E-state index contributed by atoms with van der Waals surface area (Å²) < 4.78 is 0. The number of imide groups is 1. The van der Waals surface area contributed by atoms with Crippen molar-refractivity contribution in [3.05, 3.63) is 64.2 Å². The second kappa shape index (κ2) is 6.65. The fourth-order valence-electron chi connectivity index (χ4n) is 4.00. The zero-order valence-electron chi connectivity index (χ0n) is 15.5. The molecule has 1 aliphatic heterocycles. The van der Waals surface area contributed by atoms with Crippen molar-refractivity contribution >= 4 is 23.4 Å². The molecule has 2 aromatic carbocycles. The minimum Gasteiger partial charge on any atom is -0.349 e. The number of fused-ring (bicyclic) bond motifs is 1. The van der Waals surface area contributed by atoms with Crippen molar-refractivity contribution < 1.29 is 14.4 Å². The van der Waals surface area contributed by atoms with Crippen LogP contribution < -0.4 is 10.2 Å². The van der Waals surface area contributed by atoms with Crippen LogP contribution >= 0.6 is 0 Å². The van der Waals surface area contributed by atoms with Gasteiger partial charge in [0.25, 0.3) is 17.7 Å². The minimum absolute atomic E-state index is 0.185. The summed E-state index contributed by atoms with van der Waals surface area (Å²) in [7, 11) is 0. The van der Waals surface area contributed by atoms with Crippen LogP contribution in [0.4, 0.5) is 5.69 Å². The van der Waals surface area contributed by atoms with E-state index in [1.54, 1.807) is 24.3 Å². The third-order valence-electron chi connectivity index (χ3n) is 5.43. The quantitative estimate of drug-likeness (QED) is 0.845. The average Bonchev–Trinajstić information content (AvgIpc) is 3.23. The van der Waals surface area contributed by atoms with E-state index >= 15 is 0 Å². The summed E-state index contributed by atoms with van der Waals surface area (Å²) in [6.07, 6.45) is 4.25. The van der Waals surface area contributed by atoms with Gasteiger partial charge >= 0.3 is 0 Å². The standard InChI is InChI=1S/C22H22N2O3/c1-13-7-10-19(14(2)11-13)24-21(26)17-9-8-15(12-18(17)22(24)27)20(25)23-16-5-3-4-6-16/h7-12,16H,3-6H2,1-2H3,(H,23,25). The van der Waals surface area contributed by atoms with Crippen molar-refractivity contribution in [2.75, 3.05) is 4.90 Å². The van der Waals surface area contributed by atoms with E-state index < -0.39 is 0 Å². The molecule has 2 aliphatic rings. The predicted molar refractivity (Wildman–Crippen MR) is 103 cm³/mol. The Bertz CT molecular complexity index is 958. The van der Waals surface area contributed by atoms with Gasteiger partial charge in [0, 0.05) is 11.6 Å². The highest BCUT2D eigenvalue weighted by atomic mass is 16.2. The van der Waals surface area contributed by atoms with Gasteiger partial charge in [0.1, 0.15) is 0 Å². The van der Waals surface area contributed by atoms with E-state index in [4.69, 9.17) is 0 Å². The lowest BCUT2D eigenvalue weighted by molar-refractivity contribution is 0.0921. The predicted octanol–water partition coefficient (Wildman–Crippen LogP) is 3.78. The monoisotopic (exact) mass is 362 g/mol. The zero-order valence-corrected chi connectivity index (χ0v) is 15.5. The Morgan fingerprint density at radius 3 is 2.37 bits per heavy atom. The Kier molecular flexibility index (Phi) is 4.30. The van der Waals surface area contributed by atoms with Gasteiger partial charge in [0.2, 0.25) is 0 Å². The van der Waals surface area contributed by atoms with Crippen molar-refractivity contribution in [2.24, 2.45) is 0 Å². The molecule has 1 aliphatic carbocycles. The molecule has 0 unspecified atom stereocenters. The maximum Gasteiger partial charge on any atom is 0.266 e. The van der Waals surface area contributed by atoms with Gasteiger partial charge in [-0.25, -0.2) is 4.90 Å². The number of rotatable bonds is 3. The molecule has 1 N–H and O–H groups in total. The van der Waals surface area contributed by atoms with Crippen LogP contribution in [0.5, 0.6) is 0 Å². The second-order valence-corrected chi connectivity index (χ2v) is 7.45. The van der Waals surface area contributed by atoms with E-state index in [0.717, 1.165) is 36.8 Å².